The quantitative estimate of drug-likeness (QED) is 0.362. The van der Waals surface area contributed by atoms with E-state index in [-0.39, 0.29) is 29.0 Å². The lowest BCUT2D eigenvalue weighted by Gasteiger charge is -2.05. The summed E-state index contributed by atoms with van der Waals surface area (Å²) in [4.78, 5) is 33.2. The van der Waals surface area contributed by atoms with Gasteiger partial charge in [-0.05, 0) is 12.1 Å². The molecule has 2 rings (SSSR count). The zero-order valence-corrected chi connectivity index (χ0v) is 12.3. The fraction of sp³-hybridized carbons (Fsp3) is 0.286. The lowest BCUT2D eigenvalue weighted by atomic mass is 10.1. The number of aromatic nitrogens is 1. The molecule has 0 spiro atoms. The first-order valence-corrected chi connectivity index (χ1v) is 6.33. The second-order valence-electron chi connectivity index (χ2n) is 4.59. The predicted octanol–water partition coefficient (Wildman–Crippen LogP) is 1.97. The van der Waals surface area contributed by atoms with Crippen molar-refractivity contribution in [2.75, 3.05) is 7.11 Å². The van der Waals surface area contributed by atoms with Gasteiger partial charge >= 0.3 is 11.7 Å². The van der Waals surface area contributed by atoms with Crippen LogP contribution in [0.15, 0.2) is 12.1 Å². The molecule has 8 nitrogen and oxygen atoms in total. The van der Waals surface area contributed by atoms with E-state index >= 15 is 0 Å². The van der Waals surface area contributed by atoms with E-state index in [2.05, 4.69) is 0 Å². The van der Waals surface area contributed by atoms with Gasteiger partial charge in [0.25, 0.3) is 0 Å². The number of hydrogen-bond acceptors (Lipinski definition) is 6. The highest BCUT2D eigenvalue weighted by molar-refractivity contribution is 6.05. The van der Waals surface area contributed by atoms with Crippen LogP contribution >= 0.6 is 0 Å². The van der Waals surface area contributed by atoms with E-state index in [1.54, 1.807) is 17.7 Å². The molecule has 2 aromatic rings. The number of hydrogen-bond donors (Lipinski definition) is 0. The molecule has 0 radical (unpaired) electrons. The molecule has 0 aliphatic heterocycles. The second kappa shape index (κ2) is 5.84. The molecule has 0 N–H and O–H groups in total. The summed E-state index contributed by atoms with van der Waals surface area (Å²) in [5.41, 5.74) is 0.699. The molecule has 0 saturated heterocycles. The molecule has 22 heavy (non-hydrogen) atoms. The van der Waals surface area contributed by atoms with Crippen molar-refractivity contribution in [3.05, 3.63) is 33.5 Å². The van der Waals surface area contributed by atoms with E-state index in [1.807, 2.05) is 0 Å². The highest BCUT2D eigenvalue weighted by atomic mass is 16.6. The Morgan fingerprint density at radius 1 is 1.45 bits per heavy atom. The molecule has 8 heteroatoms. The van der Waals surface area contributed by atoms with E-state index in [1.165, 1.54) is 20.1 Å². The summed E-state index contributed by atoms with van der Waals surface area (Å²) in [6.45, 7) is 1.10. The Morgan fingerprint density at radius 3 is 2.64 bits per heavy atom. The SMILES string of the molecule is COc1ccc2c(c(C=O)c(COC(C)=O)n2C)c1[N+](=O)[O-]. The van der Waals surface area contributed by atoms with Gasteiger partial charge in [-0.1, -0.05) is 0 Å². The number of nitro benzene ring substituents is 1. The van der Waals surface area contributed by atoms with Crippen LogP contribution in [0.3, 0.4) is 0 Å². The number of carbonyl (C=O) groups is 2. The Kier molecular flexibility index (Phi) is 4.11. The summed E-state index contributed by atoms with van der Waals surface area (Å²) in [6, 6.07) is 3.08. The van der Waals surface area contributed by atoms with E-state index in [4.69, 9.17) is 9.47 Å². The monoisotopic (exact) mass is 306 g/mol. The zero-order valence-electron chi connectivity index (χ0n) is 12.3. The van der Waals surface area contributed by atoms with Crippen LogP contribution in [0.5, 0.6) is 5.75 Å². The number of nitrogens with zero attached hydrogens (tertiary/aromatic N) is 2. The molecule has 1 heterocycles. The first-order valence-electron chi connectivity index (χ1n) is 6.33. The average Bonchev–Trinajstić information content (AvgIpc) is 2.75. The number of methoxy groups -OCH3 is 1. The standard InChI is InChI=1S/C14H14N2O6/c1-8(18)22-7-11-9(6-17)13-10(15(11)2)4-5-12(21-3)14(13)16(19)20/h4-6H,7H2,1-3H3. The summed E-state index contributed by atoms with van der Waals surface area (Å²) in [7, 11) is 2.96. The Balaban J connectivity index is 2.82. The third kappa shape index (κ3) is 2.39. The maximum atomic E-state index is 11.5. The molecule has 0 saturated carbocycles. The number of fused-ring (bicyclic) bond motifs is 1. The van der Waals surface area contributed by atoms with Gasteiger partial charge in [0.05, 0.1) is 34.2 Å². The third-order valence-corrected chi connectivity index (χ3v) is 3.40. The van der Waals surface area contributed by atoms with Crippen molar-refractivity contribution in [2.24, 2.45) is 7.05 Å². The topological polar surface area (TPSA) is 101 Å². The fourth-order valence-corrected chi connectivity index (χ4v) is 2.39. The minimum Gasteiger partial charge on any atom is -0.490 e. The van der Waals surface area contributed by atoms with E-state index < -0.39 is 10.9 Å². The van der Waals surface area contributed by atoms with Crippen molar-refractivity contribution < 1.29 is 24.0 Å². The number of esters is 1. The summed E-state index contributed by atoms with van der Waals surface area (Å²) in [5.74, 6) is -0.445. The molecule has 1 aromatic carbocycles. The van der Waals surface area contributed by atoms with Crippen molar-refractivity contribution in [1.82, 2.24) is 4.57 Å². The van der Waals surface area contributed by atoms with Crippen molar-refractivity contribution in [3.8, 4) is 5.75 Å². The lowest BCUT2D eigenvalue weighted by molar-refractivity contribution is -0.383. The third-order valence-electron chi connectivity index (χ3n) is 3.40. The fourth-order valence-electron chi connectivity index (χ4n) is 2.39. The summed E-state index contributed by atoms with van der Waals surface area (Å²) in [6.07, 6.45) is 0.521. The van der Waals surface area contributed by atoms with Crippen LogP contribution in [0.25, 0.3) is 10.9 Å². The molecule has 0 atom stereocenters. The number of aryl methyl sites for hydroxylation is 1. The van der Waals surface area contributed by atoms with Crippen LogP contribution in [0, 0.1) is 10.1 Å². The van der Waals surface area contributed by atoms with Gasteiger partial charge < -0.3 is 14.0 Å². The normalized spacial score (nSPS) is 10.5. The molecular weight excluding hydrogens is 292 g/mol. The summed E-state index contributed by atoms with van der Waals surface area (Å²) in [5, 5.41) is 11.5. The Morgan fingerprint density at radius 2 is 2.14 bits per heavy atom. The number of aldehydes is 1. The van der Waals surface area contributed by atoms with Crippen LogP contribution in [0.1, 0.15) is 23.0 Å². The van der Waals surface area contributed by atoms with Crippen molar-refractivity contribution in [2.45, 2.75) is 13.5 Å². The summed E-state index contributed by atoms with van der Waals surface area (Å²) >= 11 is 0. The van der Waals surface area contributed by atoms with Gasteiger partial charge in [-0.3, -0.25) is 19.7 Å². The highest BCUT2D eigenvalue weighted by Crippen LogP contribution is 2.39. The van der Waals surface area contributed by atoms with Gasteiger partial charge in [-0.15, -0.1) is 0 Å². The highest BCUT2D eigenvalue weighted by Gasteiger charge is 2.27. The Hall–Kier alpha value is -2.90. The van der Waals surface area contributed by atoms with Crippen molar-refractivity contribution in [1.29, 1.82) is 0 Å². The van der Waals surface area contributed by atoms with Gasteiger partial charge in [0, 0.05) is 14.0 Å². The number of nitro groups is 1. The van der Waals surface area contributed by atoms with Crippen molar-refractivity contribution >= 4 is 28.8 Å². The van der Waals surface area contributed by atoms with Crippen LogP contribution in [-0.4, -0.2) is 28.9 Å². The zero-order chi connectivity index (χ0) is 16.4. The predicted molar refractivity (Wildman–Crippen MR) is 77.0 cm³/mol. The molecule has 0 amide bonds. The number of benzene rings is 1. The average molecular weight is 306 g/mol. The van der Waals surface area contributed by atoms with Crippen LogP contribution < -0.4 is 4.74 Å². The molecule has 0 bridgehead atoms. The smallest absolute Gasteiger partial charge is 0.320 e. The lowest BCUT2D eigenvalue weighted by Crippen LogP contribution is -2.05. The molecule has 0 fully saturated rings. The summed E-state index contributed by atoms with van der Waals surface area (Å²) < 4.78 is 11.5. The van der Waals surface area contributed by atoms with Crippen LogP contribution in [0.4, 0.5) is 5.69 Å². The van der Waals surface area contributed by atoms with Gasteiger partial charge in [0.2, 0.25) is 0 Å². The van der Waals surface area contributed by atoms with Crippen LogP contribution in [-0.2, 0) is 23.2 Å². The van der Waals surface area contributed by atoms with Gasteiger partial charge in [0.15, 0.2) is 12.0 Å². The van der Waals surface area contributed by atoms with E-state index in [9.17, 15) is 19.7 Å². The molecule has 0 aliphatic carbocycles. The van der Waals surface area contributed by atoms with Gasteiger partial charge in [-0.2, -0.15) is 0 Å². The van der Waals surface area contributed by atoms with Gasteiger partial charge in [0.1, 0.15) is 6.61 Å². The largest absolute Gasteiger partial charge is 0.490 e. The minimum absolute atomic E-state index is 0.0604. The number of ether oxygens (including phenoxy) is 2. The first-order chi connectivity index (χ1) is 10.4. The second-order valence-corrected chi connectivity index (χ2v) is 4.59. The maximum absolute atomic E-state index is 11.5. The molecule has 0 unspecified atom stereocenters. The maximum Gasteiger partial charge on any atom is 0.320 e. The van der Waals surface area contributed by atoms with Crippen LogP contribution in [0.2, 0.25) is 0 Å². The van der Waals surface area contributed by atoms with Gasteiger partial charge in [-0.25, -0.2) is 0 Å². The first kappa shape index (κ1) is 15.5. The van der Waals surface area contributed by atoms with E-state index in [0.717, 1.165) is 0 Å². The number of rotatable bonds is 5. The van der Waals surface area contributed by atoms with E-state index in [0.29, 0.717) is 17.5 Å². The molecular formula is C14H14N2O6. The molecule has 0 aliphatic rings. The minimum atomic E-state index is -0.593. The molecule has 1 aromatic heterocycles. The van der Waals surface area contributed by atoms with Crippen molar-refractivity contribution in [3.63, 3.8) is 0 Å². The molecule has 116 valence electrons. The number of carbonyl (C=O) groups excluding carboxylic acids is 2. The Labute approximate surface area is 125 Å². The Bertz CT molecular complexity index is 777.